The van der Waals surface area contributed by atoms with Crippen molar-refractivity contribution >= 4 is 5.69 Å². The first-order chi connectivity index (χ1) is 9.22. The van der Waals surface area contributed by atoms with Gasteiger partial charge in [-0.1, -0.05) is 0 Å². The maximum atomic E-state index is 12.9. The second-order valence-corrected chi connectivity index (χ2v) is 4.97. The molecule has 19 heavy (non-hydrogen) atoms. The van der Waals surface area contributed by atoms with Gasteiger partial charge >= 0.3 is 0 Å². The largest absolute Gasteiger partial charge is 0.373 e. The van der Waals surface area contributed by atoms with Gasteiger partial charge in [-0.3, -0.25) is 0 Å². The molecule has 4 nitrogen and oxygen atoms in total. The Hall–Kier alpha value is -1.88. The number of aromatic amines is 1. The summed E-state index contributed by atoms with van der Waals surface area (Å²) in [6.07, 6.45) is 2.67. The van der Waals surface area contributed by atoms with E-state index in [-0.39, 0.29) is 5.82 Å². The first kappa shape index (κ1) is 12.2. The molecule has 1 aliphatic heterocycles. The summed E-state index contributed by atoms with van der Waals surface area (Å²) in [6.45, 7) is 1.70. The minimum absolute atomic E-state index is 0.200. The van der Waals surface area contributed by atoms with Gasteiger partial charge in [-0.25, -0.2) is 9.37 Å². The van der Waals surface area contributed by atoms with Gasteiger partial charge in [0.25, 0.3) is 0 Å². The fourth-order valence-electron chi connectivity index (χ4n) is 2.49. The van der Waals surface area contributed by atoms with Crippen molar-refractivity contribution in [2.24, 2.45) is 0 Å². The molecular formula is C14H17FN4. The van der Waals surface area contributed by atoms with E-state index in [2.05, 4.69) is 20.2 Å². The molecular weight excluding hydrogens is 243 g/mol. The summed E-state index contributed by atoms with van der Waals surface area (Å²) in [5, 5.41) is 3.49. The number of imidazole rings is 1. The van der Waals surface area contributed by atoms with Gasteiger partial charge in [0.15, 0.2) is 0 Å². The third kappa shape index (κ3) is 2.61. The SMILES string of the molecule is CN(CC1Cc2nc[nH]c2CN1)c1ccc(F)cc1. The summed E-state index contributed by atoms with van der Waals surface area (Å²) in [4.78, 5) is 9.61. The highest BCUT2D eigenvalue weighted by molar-refractivity contribution is 5.45. The number of nitrogens with one attached hydrogen (secondary N) is 2. The van der Waals surface area contributed by atoms with Crippen LogP contribution in [0.15, 0.2) is 30.6 Å². The van der Waals surface area contributed by atoms with Gasteiger partial charge in [0, 0.05) is 38.3 Å². The fraction of sp³-hybridized carbons (Fsp3) is 0.357. The Bertz CT molecular complexity index is 549. The topological polar surface area (TPSA) is 44.0 Å². The lowest BCUT2D eigenvalue weighted by molar-refractivity contribution is 0.471. The number of nitrogens with zero attached hydrogens (tertiary/aromatic N) is 2. The molecule has 1 aliphatic rings. The quantitative estimate of drug-likeness (QED) is 0.883. The summed E-state index contributed by atoms with van der Waals surface area (Å²) in [7, 11) is 2.02. The number of rotatable bonds is 3. The van der Waals surface area contributed by atoms with Crippen molar-refractivity contribution in [2.45, 2.75) is 19.0 Å². The van der Waals surface area contributed by atoms with Gasteiger partial charge in [0.05, 0.1) is 17.7 Å². The lowest BCUT2D eigenvalue weighted by Crippen LogP contribution is -2.43. The van der Waals surface area contributed by atoms with Crippen LogP contribution in [0.25, 0.3) is 0 Å². The van der Waals surface area contributed by atoms with E-state index in [0.717, 1.165) is 30.9 Å². The van der Waals surface area contributed by atoms with Crippen LogP contribution >= 0.6 is 0 Å². The van der Waals surface area contributed by atoms with E-state index in [1.165, 1.54) is 17.8 Å². The number of fused-ring (bicyclic) bond motifs is 1. The standard InChI is InChI=1S/C14H17FN4/c1-19(12-4-2-10(15)3-5-12)8-11-6-13-14(7-16-11)18-9-17-13/h2-5,9,11,16H,6-8H2,1H3,(H,17,18). The highest BCUT2D eigenvalue weighted by atomic mass is 19.1. The van der Waals surface area contributed by atoms with Gasteiger partial charge in [-0.15, -0.1) is 0 Å². The maximum absolute atomic E-state index is 12.9. The van der Waals surface area contributed by atoms with Crippen molar-refractivity contribution in [3.05, 3.63) is 47.8 Å². The highest BCUT2D eigenvalue weighted by Gasteiger charge is 2.21. The van der Waals surface area contributed by atoms with E-state index in [4.69, 9.17) is 0 Å². The molecule has 0 saturated carbocycles. The zero-order chi connectivity index (χ0) is 13.2. The van der Waals surface area contributed by atoms with E-state index < -0.39 is 0 Å². The number of H-pyrrole nitrogens is 1. The number of aromatic nitrogens is 2. The lowest BCUT2D eigenvalue weighted by Gasteiger charge is -2.29. The molecule has 1 aromatic heterocycles. The predicted molar refractivity (Wildman–Crippen MR) is 72.6 cm³/mol. The smallest absolute Gasteiger partial charge is 0.123 e. The second-order valence-electron chi connectivity index (χ2n) is 4.97. The van der Waals surface area contributed by atoms with Crippen LogP contribution in [0.1, 0.15) is 11.4 Å². The Balaban J connectivity index is 1.64. The molecule has 1 unspecified atom stereocenters. The maximum Gasteiger partial charge on any atom is 0.123 e. The molecule has 2 aromatic rings. The minimum atomic E-state index is -0.200. The summed E-state index contributed by atoms with van der Waals surface area (Å²) < 4.78 is 12.9. The Kier molecular flexibility index (Phi) is 3.21. The average Bonchev–Trinajstić information content (AvgIpc) is 2.87. The third-order valence-corrected chi connectivity index (χ3v) is 3.58. The van der Waals surface area contributed by atoms with Crippen LogP contribution in [0.2, 0.25) is 0 Å². The van der Waals surface area contributed by atoms with Crippen molar-refractivity contribution < 1.29 is 4.39 Å². The molecule has 0 radical (unpaired) electrons. The van der Waals surface area contributed by atoms with Crippen LogP contribution in [-0.4, -0.2) is 29.6 Å². The summed E-state index contributed by atoms with van der Waals surface area (Å²) in [6, 6.07) is 6.96. The Labute approximate surface area is 111 Å². The monoisotopic (exact) mass is 260 g/mol. The summed E-state index contributed by atoms with van der Waals surface area (Å²) in [5.41, 5.74) is 3.35. The van der Waals surface area contributed by atoms with E-state index in [1.54, 1.807) is 18.5 Å². The average molecular weight is 260 g/mol. The van der Waals surface area contributed by atoms with E-state index in [0.29, 0.717) is 6.04 Å². The van der Waals surface area contributed by atoms with Crippen LogP contribution in [-0.2, 0) is 13.0 Å². The van der Waals surface area contributed by atoms with Crippen molar-refractivity contribution in [3.8, 4) is 0 Å². The number of hydrogen-bond donors (Lipinski definition) is 2. The normalized spacial score (nSPS) is 18.1. The van der Waals surface area contributed by atoms with Crippen LogP contribution in [0.4, 0.5) is 10.1 Å². The molecule has 0 saturated heterocycles. The van der Waals surface area contributed by atoms with Crippen molar-refractivity contribution in [3.63, 3.8) is 0 Å². The summed E-state index contributed by atoms with van der Waals surface area (Å²) >= 11 is 0. The summed E-state index contributed by atoms with van der Waals surface area (Å²) in [5.74, 6) is -0.200. The number of halogens is 1. The van der Waals surface area contributed by atoms with Gasteiger partial charge in [-0.05, 0) is 24.3 Å². The van der Waals surface area contributed by atoms with Gasteiger partial charge in [0.1, 0.15) is 5.82 Å². The van der Waals surface area contributed by atoms with Gasteiger partial charge in [-0.2, -0.15) is 0 Å². The zero-order valence-corrected chi connectivity index (χ0v) is 10.9. The Morgan fingerprint density at radius 2 is 2.16 bits per heavy atom. The fourth-order valence-corrected chi connectivity index (χ4v) is 2.49. The predicted octanol–water partition coefficient (Wildman–Crippen LogP) is 1.70. The van der Waals surface area contributed by atoms with E-state index >= 15 is 0 Å². The molecule has 1 atom stereocenters. The Morgan fingerprint density at radius 3 is 2.95 bits per heavy atom. The zero-order valence-electron chi connectivity index (χ0n) is 10.9. The van der Waals surface area contributed by atoms with Crippen molar-refractivity contribution in [1.29, 1.82) is 0 Å². The molecule has 100 valence electrons. The molecule has 3 rings (SSSR count). The van der Waals surface area contributed by atoms with Gasteiger partial charge < -0.3 is 15.2 Å². The van der Waals surface area contributed by atoms with Gasteiger partial charge in [0.2, 0.25) is 0 Å². The minimum Gasteiger partial charge on any atom is -0.373 e. The molecule has 0 amide bonds. The van der Waals surface area contributed by atoms with Crippen LogP contribution in [0, 0.1) is 5.82 Å². The molecule has 0 bridgehead atoms. The first-order valence-electron chi connectivity index (χ1n) is 6.43. The molecule has 1 aromatic carbocycles. The molecule has 0 fully saturated rings. The first-order valence-corrected chi connectivity index (χ1v) is 6.43. The molecule has 0 aliphatic carbocycles. The third-order valence-electron chi connectivity index (χ3n) is 3.58. The van der Waals surface area contributed by atoms with Crippen LogP contribution in [0.3, 0.4) is 0 Å². The number of hydrogen-bond acceptors (Lipinski definition) is 3. The molecule has 2 N–H and O–H groups in total. The number of anilines is 1. The van der Waals surface area contributed by atoms with E-state index in [9.17, 15) is 4.39 Å². The number of likely N-dealkylation sites (N-methyl/N-ethyl adjacent to an activating group) is 1. The Morgan fingerprint density at radius 1 is 1.37 bits per heavy atom. The molecule has 2 heterocycles. The van der Waals surface area contributed by atoms with Crippen molar-refractivity contribution in [1.82, 2.24) is 15.3 Å². The van der Waals surface area contributed by atoms with Crippen LogP contribution < -0.4 is 10.2 Å². The van der Waals surface area contributed by atoms with Crippen molar-refractivity contribution in [2.75, 3.05) is 18.5 Å². The van der Waals surface area contributed by atoms with Crippen LogP contribution in [0.5, 0.6) is 0 Å². The van der Waals surface area contributed by atoms with E-state index in [1.807, 2.05) is 7.05 Å². The second kappa shape index (κ2) is 5.01. The number of benzene rings is 1. The molecule has 5 heteroatoms. The molecule has 0 spiro atoms. The highest BCUT2D eigenvalue weighted by Crippen LogP contribution is 2.17. The lowest BCUT2D eigenvalue weighted by atomic mass is 10.0.